The second kappa shape index (κ2) is 4.23. The van der Waals surface area contributed by atoms with E-state index in [1.54, 1.807) is 0 Å². The zero-order chi connectivity index (χ0) is 11.8. The number of carbonyl (C=O) groups is 1. The van der Waals surface area contributed by atoms with Gasteiger partial charge in [0.05, 0.1) is 11.6 Å². The van der Waals surface area contributed by atoms with Crippen LogP contribution in [-0.4, -0.2) is 36.4 Å². The average Bonchev–Trinajstić information content (AvgIpc) is 2.66. The molecule has 0 aliphatic carbocycles. The summed E-state index contributed by atoms with van der Waals surface area (Å²) in [5, 5.41) is 3.32. The van der Waals surface area contributed by atoms with Crippen molar-refractivity contribution >= 4 is 18.5 Å². The molecule has 0 spiro atoms. The summed E-state index contributed by atoms with van der Waals surface area (Å²) in [6.45, 7) is 2.44. The van der Waals surface area contributed by atoms with Crippen LogP contribution in [0.3, 0.4) is 0 Å². The maximum Gasteiger partial charge on any atom is 0.258 e. The molecule has 0 bridgehead atoms. The summed E-state index contributed by atoms with van der Waals surface area (Å²) >= 11 is 4.05. The summed E-state index contributed by atoms with van der Waals surface area (Å²) in [6, 6.07) is 5.94. The zero-order valence-electron chi connectivity index (χ0n) is 9.35. The molecule has 0 unspecified atom stereocenters. The Labute approximate surface area is 105 Å². The van der Waals surface area contributed by atoms with Crippen LogP contribution in [-0.2, 0) is 0 Å². The molecule has 4 nitrogen and oxygen atoms in total. The van der Waals surface area contributed by atoms with Crippen molar-refractivity contribution in [3.05, 3.63) is 29.3 Å². The van der Waals surface area contributed by atoms with Gasteiger partial charge < -0.3 is 15.0 Å². The predicted molar refractivity (Wildman–Crippen MR) is 67.6 cm³/mol. The van der Waals surface area contributed by atoms with Crippen molar-refractivity contribution < 1.29 is 9.53 Å². The van der Waals surface area contributed by atoms with Crippen molar-refractivity contribution in [3.8, 4) is 5.75 Å². The third kappa shape index (κ3) is 1.61. The minimum absolute atomic E-state index is 0.0869. The molecule has 1 aromatic rings. The maximum atomic E-state index is 12.3. The van der Waals surface area contributed by atoms with E-state index in [1.165, 1.54) is 0 Å². The predicted octanol–water partition coefficient (Wildman–Crippen LogP) is 1.05. The first-order chi connectivity index (χ1) is 8.33. The Kier molecular flexibility index (Phi) is 2.72. The van der Waals surface area contributed by atoms with Gasteiger partial charge in [-0.1, -0.05) is 12.1 Å². The van der Waals surface area contributed by atoms with Gasteiger partial charge in [-0.25, -0.2) is 0 Å². The van der Waals surface area contributed by atoms with Gasteiger partial charge in [-0.2, -0.15) is 0 Å². The molecule has 0 aromatic heterocycles. The fourth-order valence-corrected chi connectivity index (χ4v) is 2.75. The molecule has 3 rings (SSSR count). The lowest BCUT2D eigenvalue weighted by Crippen LogP contribution is -2.44. The Hall–Kier alpha value is -1.20. The van der Waals surface area contributed by atoms with E-state index in [0.29, 0.717) is 5.75 Å². The lowest BCUT2D eigenvalue weighted by atomic mass is 10.0. The smallest absolute Gasteiger partial charge is 0.258 e. The average molecular weight is 250 g/mol. The van der Waals surface area contributed by atoms with Crippen molar-refractivity contribution in [3.63, 3.8) is 0 Å². The van der Waals surface area contributed by atoms with Gasteiger partial charge in [-0.3, -0.25) is 4.79 Å². The van der Waals surface area contributed by atoms with Crippen LogP contribution in [0.25, 0.3) is 0 Å². The Morgan fingerprint density at radius 3 is 3.24 bits per heavy atom. The minimum Gasteiger partial charge on any atom is -0.482 e. The molecule has 1 saturated heterocycles. The van der Waals surface area contributed by atoms with Gasteiger partial charge in [-0.15, -0.1) is 12.6 Å². The van der Waals surface area contributed by atoms with Crippen LogP contribution in [0.5, 0.6) is 5.75 Å². The number of piperazine rings is 1. The molecule has 0 saturated carbocycles. The zero-order valence-corrected chi connectivity index (χ0v) is 10.2. The number of benzene rings is 1. The molecule has 1 N–H and O–H groups in total. The number of hydrogen-bond donors (Lipinski definition) is 2. The third-order valence-electron chi connectivity index (χ3n) is 3.36. The van der Waals surface area contributed by atoms with Gasteiger partial charge in [0.15, 0.2) is 0 Å². The van der Waals surface area contributed by atoms with Gasteiger partial charge in [0.1, 0.15) is 11.7 Å². The molecule has 5 heteroatoms. The van der Waals surface area contributed by atoms with E-state index in [2.05, 4.69) is 17.9 Å². The van der Waals surface area contributed by atoms with Crippen molar-refractivity contribution in [2.45, 2.75) is 6.04 Å². The number of rotatable bonds is 2. The van der Waals surface area contributed by atoms with Crippen LogP contribution >= 0.6 is 12.6 Å². The number of hydrogen-bond acceptors (Lipinski definition) is 4. The molecule has 1 atom stereocenters. The van der Waals surface area contributed by atoms with E-state index in [4.69, 9.17) is 4.74 Å². The van der Waals surface area contributed by atoms with Gasteiger partial charge in [0.25, 0.3) is 5.91 Å². The minimum atomic E-state index is 0.0869. The Morgan fingerprint density at radius 2 is 2.41 bits per heavy atom. The van der Waals surface area contributed by atoms with Crippen molar-refractivity contribution in [2.24, 2.45) is 0 Å². The highest BCUT2D eigenvalue weighted by atomic mass is 32.1. The summed E-state index contributed by atoms with van der Waals surface area (Å²) < 4.78 is 5.42. The van der Waals surface area contributed by atoms with Crippen LogP contribution in [0.15, 0.2) is 18.2 Å². The van der Waals surface area contributed by atoms with Crippen molar-refractivity contribution in [2.75, 3.05) is 25.6 Å². The highest BCUT2D eigenvalue weighted by Gasteiger charge is 2.39. The number of nitrogens with zero attached hydrogens (tertiary/aromatic N) is 1. The molecule has 17 heavy (non-hydrogen) atoms. The maximum absolute atomic E-state index is 12.3. The SMILES string of the molecule is O=C1c2c(OCS)cccc2[C@H]2CNCCN12. The van der Waals surface area contributed by atoms with Gasteiger partial charge in [0.2, 0.25) is 0 Å². The van der Waals surface area contributed by atoms with Crippen molar-refractivity contribution in [1.29, 1.82) is 0 Å². The summed E-state index contributed by atoms with van der Waals surface area (Å²) in [6.07, 6.45) is 0. The lowest BCUT2D eigenvalue weighted by Gasteiger charge is -2.30. The molecule has 1 amide bonds. The quantitative estimate of drug-likeness (QED) is 0.609. The Morgan fingerprint density at radius 1 is 1.53 bits per heavy atom. The van der Waals surface area contributed by atoms with Gasteiger partial charge in [-0.05, 0) is 11.6 Å². The normalized spacial score (nSPS) is 22.3. The highest BCUT2D eigenvalue weighted by molar-refractivity contribution is 7.80. The Balaban J connectivity index is 2.07. The van der Waals surface area contributed by atoms with E-state index in [0.717, 1.165) is 30.8 Å². The van der Waals surface area contributed by atoms with Crippen LogP contribution < -0.4 is 10.1 Å². The molecule has 1 fully saturated rings. The number of fused-ring (bicyclic) bond motifs is 3. The molecule has 2 heterocycles. The first kappa shape index (κ1) is 10.9. The molecule has 2 aliphatic heterocycles. The van der Waals surface area contributed by atoms with E-state index >= 15 is 0 Å². The lowest BCUT2D eigenvalue weighted by molar-refractivity contribution is 0.0689. The standard InChI is InChI=1S/C12H14N2O2S/c15-12-11-8(2-1-3-10(11)16-7-17)9-6-13-4-5-14(9)12/h1-3,9,13,17H,4-7H2/t9-/m1/s1. The van der Waals surface area contributed by atoms with E-state index in [9.17, 15) is 4.79 Å². The molecule has 1 aromatic carbocycles. The number of nitrogens with one attached hydrogen (secondary N) is 1. The fourth-order valence-electron chi connectivity index (χ4n) is 2.61. The largest absolute Gasteiger partial charge is 0.482 e. The van der Waals surface area contributed by atoms with Gasteiger partial charge >= 0.3 is 0 Å². The van der Waals surface area contributed by atoms with E-state index < -0.39 is 0 Å². The van der Waals surface area contributed by atoms with Crippen LogP contribution in [0, 0.1) is 0 Å². The second-order valence-corrected chi connectivity index (χ2v) is 4.47. The fraction of sp³-hybridized carbons (Fsp3) is 0.417. The molecule has 2 aliphatic rings. The summed E-state index contributed by atoms with van der Waals surface area (Å²) in [7, 11) is 0. The van der Waals surface area contributed by atoms with Gasteiger partial charge in [0, 0.05) is 19.6 Å². The highest BCUT2D eigenvalue weighted by Crippen LogP contribution is 2.38. The van der Waals surface area contributed by atoms with E-state index in [-0.39, 0.29) is 17.9 Å². The number of carbonyl (C=O) groups excluding carboxylic acids is 1. The molecule has 0 radical (unpaired) electrons. The first-order valence-corrected chi connectivity index (χ1v) is 6.34. The third-order valence-corrected chi connectivity index (χ3v) is 3.48. The molecular weight excluding hydrogens is 236 g/mol. The van der Waals surface area contributed by atoms with Crippen LogP contribution in [0.2, 0.25) is 0 Å². The monoisotopic (exact) mass is 250 g/mol. The topological polar surface area (TPSA) is 41.6 Å². The molecular formula is C12H14N2O2S. The summed E-state index contributed by atoms with van der Waals surface area (Å²) in [4.78, 5) is 14.2. The number of amides is 1. The molecule has 90 valence electrons. The van der Waals surface area contributed by atoms with E-state index in [1.807, 2.05) is 23.1 Å². The van der Waals surface area contributed by atoms with Crippen LogP contribution in [0.4, 0.5) is 0 Å². The Bertz CT molecular complexity index is 464. The summed E-state index contributed by atoms with van der Waals surface area (Å²) in [5.41, 5.74) is 1.79. The van der Waals surface area contributed by atoms with Crippen molar-refractivity contribution in [1.82, 2.24) is 10.2 Å². The first-order valence-electron chi connectivity index (χ1n) is 5.71. The summed E-state index contributed by atoms with van der Waals surface area (Å²) in [5.74, 6) is 1.02. The number of thiol groups is 1. The van der Waals surface area contributed by atoms with Crippen LogP contribution in [0.1, 0.15) is 22.0 Å². The second-order valence-electron chi connectivity index (χ2n) is 4.21. The number of ether oxygens (including phenoxy) is 1.